The van der Waals surface area contributed by atoms with Gasteiger partial charge in [0.1, 0.15) is 25.6 Å². The summed E-state index contributed by atoms with van der Waals surface area (Å²) in [4.78, 5) is 25.5. The number of ketones is 1. The van der Waals surface area contributed by atoms with E-state index < -0.39 is 12.1 Å². The summed E-state index contributed by atoms with van der Waals surface area (Å²) in [6.07, 6.45) is 2.37. The second-order valence-electron chi connectivity index (χ2n) is 9.22. The number of hydrogen-bond acceptors (Lipinski definition) is 6. The van der Waals surface area contributed by atoms with Crippen molar-refractivity contribution in [3.8, 4) is 0 Å². The van der Waals surface area contributed by atoms with Gasteiger partial charge in [0.15, 0.2) is 5.78 Å². The predicted molar refractivity (Wildman–Crippen MR) is 138 cm³/mol. The molecule has 0 radical (unpaired) electrons. The van der Waals surface area contributed by atoms with Crippen LogP contribution in [0.3, 0.4) is 0 Å². The quantitative estimate of drug-likeness (QED) is 0.313. The van der Waals surface area contributed by atoms with Gasteiger partial charge in [-0.05, 0) is 42.0 Å². The molecule has 2 atom stereocenters. The molecular weight excluding hydrogens is 456 g/mol. The van der Waals surface area contributed by atoms with Gasteiger partial charge < -0.3 is 24.5 Å². The zero-order valence-corrected chi connectivity index (χ0v) is 21.0. The molecule has 0 aliphatic heterocycles. The first kappa shape index (κ1) is 27.2. The number of Topliss-reactive ketones (excluding diaryl/α,β-unsaturated/α-hetero) is 1. The molecule has 2 unspecified atom stereocenters. The molecule has 0 aliphatic carbocycles. The Morgan fingerprint density at radius 1 is 0.889 bits per heavy atom. The van der Waals surface area contributed by atoms with Gasteiger partial charge in [0.2, 0.25) is 0 Å². The number of carbonyl (C=O) groups excluding carboxylic acids is 2. The van der Waals surface area contributed by atoms with Gasteiger partial charge in [-0.15, -0.1) is 0 Å². The van der Waals surface area contributed by atoms with E-state index in [9.17, 15) is 9.59 Å². The molecule has 192 valence electrons. The second-order valence-corrected chi connectivity index (χ2v) is 9.22. The number of rotatable bonds is 15. The van der Waals surface area contributed by atoms with Crippen LogP contribution in [0.5, 0.6) is 0 Å². The molecule has 1 aromatic heterocycles. The van der Waals surface area contributed by atoms with Crippen LogP contribution in [0.2, 0.25) is 0 Å². The number of hydrogen-bond donors (Lipinski definition) is 2. The number of furan rings is 1. The topological polar surface area (TPSA) is 89.8 Å². The minimum absolute atomic E-state index is 0.0351. The fourth-order valence-corrected chi connectivity index (χ4v) is 3.88. The van der Waals surface area contributed by atoms with E-state index in [4.69, 9.17) is 13.9 Å². The SMILES string of the molecule is CC(C)CC(CNC(Cc1ccccc1)C(=O)COCc1ccco1)NC(=O)OCc1ccccc1. The zero-order valence-electron chi connectivity index (χ0n) is 21.0. The van der Waals surface area contributed by atoms with Crippen LogP contribution in [-0.2, 0) is 33.9 Å². The van der Waals surface area contributed by atoms with E-state index in [1.54, 1.807) is 12.3 Å². The average molecular weight is 493 g/mol. The lowest BCUT2D eigenvalue weighted by Crippen LogP contribution is -2.49. The van der Waals surface area contributed by atoms with Crippen molar-refractivity contribution in [3.63, 3.8) is 0 Å². The van der Waals surface area contributed by atoms with Gasteiger partial charge in [-0.3, -0.25) is 4.79 Å². The standard InChI is InChI=1S/C29H36N2O5/c1-22(2)16-25(31-29(33)36-19-24-12-7-4-8-13-24)18-30-27(17-23-10-5-3-6-11-23)28(32)21-34-20-26-14-9-15-35-26/h3-15,22,25,27,30H,16-21H2,1-2H3,(H,31,33). The van der Waals surface area contributed by atoms with Gasteiger partial charge in [-0.25, -0.2) is 4.79 Å². The lowest BCUT2D eigenvalue weighted by molar-refractivity contribution is -0.126. The van der Waals surface area contributed by atoms with E-state index in [0.29, 0.717) is 24.6 Å². The highest BCUT2D eigenvalue weighted by atomic mass is 16.5. The van der Waals surface area contributed by atoms with Gasteiger partial charge in [0, 0.05) is 12.6 Å². The van der Waals surface area contributed by atoms with Crippen molar-refractivity contribution in [3.05, 3.63) is 95.9 Å². The van der Waals surface area contributed by atoms with Crippen molar-refractivity contribution >= 4 is 11.9 Å². The summed E-state index contributed by atoms with van der Waals surface area (Å²) in [5.41, 5.74) is 1.97. The number of carbonyl (C=O) groups is 2. The fraction of sp³-hybridized carbons (Fsp3) is 0.379. The monoisotopic (exact) mass is 492 g/mol. The molecule has 0 spiro atoms. The molecule has 0 bridgehead atoms. The summed E-state index contributed by atoms with van der Waals surface area (Å²) in [6.45, 7) is 5.03. The summed E-state index contributed by atoms with van der Waals surface area (Å²) in [5, 5.41) is 6.33. The Hall–Kier alpha value is -3.42. The van der Waals surface area contributed by atoms with Crippen LogP contribution in [0.1, 0.15) is 37.2 Å². The number of ether oxygens (including phenoxy) is 2. The minimum atomic E-state index is -0.473. The van der Waals surface area contributed by atoms with Crippen LogP contribution < -0.4 is 10.6 Å². The van der Waals surface area contributed by atoms with Crippen molar-refractivity contribution in [2.24, 2.45) is 5.92 Å². The highest BCUT2D eigenvalue weighted by molar-refractivity contribution is 5.85. The molecule has 3 rings (SSSR count). The maximum atomic E-state index is 13.1. The van der Waals surface area contributed by atoms with Crippen molar-refractivity contribution in [1.82, 2.24) is 10.6 Å². The van der Waals surface area contributed by atoms with Crippen LogP contribution in [-0.4, -0.2) is 37.1 Å². The first-order valence-electron chi connectivity index (χ1n) is 12.4. The van der Waals surface area contributed by atoms with Gasteiger partial charge >= 0.3 is 6.09 Å². The van der Waals surface area contributed by atoms with Gasteiger partial charge in [-0.2, -0.15) is 0 Å². The van der Waals surface area contributed by atoms with Crippen LogP contribution >= 0.6 is 0 Å². The van der Waals surface area contributed by atoms with E-state index in [-0.39, 0.29) is 31.6 Å². The number of nitrogens with one attached hydrogen (secondary N) is 2. The molecule has 0 saturated carbocycles. The fourth-order valence-electron chi connectivity index (χ4n) is 3.88. The molecule has 2 N–H and O–H groups in total. The number of benzene rings is 2. The van der Waals surface area contributed by atoms with Crippen LogP contribution in [0.4, 0.5) is 4.79 Å². The Morgan fingerprint density at radius 2 is 1.58 bits per heavy atom. The molecule has 0 saturated heterocycles. The third kappa shape index (κ3) is 10.1. The summed E-state index contributed by atoms with van der Waals surface area (Å²) in [6, 6.07) is 22.4. The van der Waals surface area contributed by atoms with Crippen LogP contribution in [0, 0.1) is 5.92 Å². The van der Waals surface area contributed by atoms with Gasteiger partial charge in [0.25, 0.3) is 0 Å². The maximum absolute atomic E-state index is 13.1. The third-order valence-electron chi connectivity index (χ3n) is 5.64. The minimum Gasteiger partial charge on any atom is -0.467 e. The molecular formula is C29H36N2O5. The first-order valence-corrected chi connectivity index (χ1v) is 12.4. The number of alkyl carbamates (subject to hydrolysis) is 1. The second kappa shape index (κ2) is 14.9. The Balaban J connectivity index is 1.56. The van der Waals surface area contributed by atoms with Crippen molar-refractivity contribution in [1.29, 1.82) is 0 Å². The first-order chi connectivity index (χ1) is 17.5. The molecule has 7 nitrogen and oxygen atoms in total. The van der Waals surface area contributed by atoms with E-state index in [1.807, 2.05) is 66.7 Å². The third-order valence-corrected chi connectivity index (χ3v) is 5.64. The molecule has 2 aromatic carbocycles. The van der Waals surface area contributed by atoms with E-state index in [2.05, 4.69) is 24.5 Å². The van der Waals surface area contributed by atoms with Crippen molar-refractivity contribution < 1.29 is 23.5 Å². The molecule has 3 aromatic rings. The van der Waals surface area contributed by atoms with Crippen LogP contribution in [0.15, 0.2) is 83.5 Å². The Morgan fingerprint density at radius 3 is 2.22 bits per heavy atom. The molecule has 0 fully saturated rings. The normalized spacial score (nSPS) is 12.8. The molecule has 1 heterocycles. The lowest BCUT2D eigenvalue weighted by Gasteiger charge is -2.24. The van der Waals surface area contributed by atoms with E-state index in [1.165, 1.54) is 0 Å². The van der Waals surface area contributed by atoms with Crippen LogP contribution in [0.25, 0.3) is 0 Å². The molecule has 36 heavy (non-hydrogen) atoms. The smallest absolute Gasteiger partial charge is 0.407 e. The van der Waals surface area contributed by atoms with E-state index >= 15 is 0 Å². The number of amides is 1. The maximum Gasteiger partial charge on any atom is 0.407 e. The summed E-state index contributed by atoms with van der Waals surface area (Å²) in [7, 11) is 0. The average Bonchev–Trinajstić information content (AvgIpc) is 3.39. The molecule has 0 aliphatic rings. The Bertz CT molecular complexity index is 1020. The molecule has 7 heteroatoms. The Kier molecular flexibility index (Phi) is 11.2. The summed E-state index contributed by atoms with van der Waals surface area (Å²) >= 11 is 0. The summed E-state index contributed by atoms with van der Waals surface area (Å²) in [5.74, 6) is 0.970. The lowest BCUT2D eigenvalue weighted by atomic mass is 10.0. The van der Waals surface area contributed by atoms with Crippen molar-refractivity contribution in [2.75, 3.05) is 13.2 Å². The van der Waals surface area contributed by atoms with Gasteiger partial charge in [0.05, 0.1) is 12.3 Å². The summed E-state index contributed by atoms with van der Waals surface area (Å²) < 4.78 is 16.3. The highest BCUT2D eigenvalue weighted by Crippen LogP contribution is 2.09. The zero-order chi connectivity index (χ0) is 25.6. The van der Waals surface area contributed by atoms with Crippen molar-refractivity contribution in [2.45, 2.75) is 52.0 Å². The molecule has 1 amide bonds. The Labute approximate surface area is 213 Å². The largest absolute Gasteiger partial charge is 0.467 e. The predicted octanol–water partition coefficient (Wildman–Crippen LogP) is 4.91. The van der Waals surface area contributed by atoms with Gasteiger partial charge in [-0.1, -0.05) is 74.5 Å². The highest BCUT2D eigenvalue weighted by Gasteiger charge is 2.22. The van der Waals surface area contributed by atoms with E-state index in [0.717, 1.165) is 17.5 Å².